The average molecular weight is 300 g/mol. The lowest BCUT2D eigenvalue weighted by atomic mass is 10.0. The molecule has 1 amide bonds. The van der Waals surface area contributed by atoms with Crippen molar-refractivity contribution in [3.05, 3.63) is 48.0 Å². The van der Waals surface area contributed by atoms with Gasteiger partial charge in [0.15, 0.2) is 0 Å². The summed E-state index contributed by atoms with van der Waals surface area (Å²) in [5.41, 5.74) is 6.46. The Morgan fingerprint density at radius 3 is 2.62 bits per heavy atom. The van der Waals surface area contributed by atoms with Crippen LogP contribution < -0.4 is 11.1 Å². The van der Waals surface area contributed by atoms with Crippen LogP contribution in [0.2, 0.25) is 0 Å². The van der Waals surface area contributed by atoms with E-state index in [1.54, 1.807) is 0 Å². The number of hydrogen-bond acceptors (Lipinski definition) is 2. The summed E-state index contributed by atoms with van der Waals surface area (Å²) in [6.45, 7) is 0.676. The van der Waals surface area contributed by atoms with E-state index in [0.29, 0.717) is 18.0 Å². The Hall–Kier alpha value is -1.94. The molecule has 0 aliphatic heterocycles. The Labute approximate surface area is 130 Å². The third-order valence-electron chi connectivity index (χ3n) is 3.35. The van der Waals surface area contributed by atoms with Crippen LogP contribution in [0.5, 0.6) is 0 Å². The zero-order chi connectivity index (χ0) is 15.1. The molecular formula is C17H20N2OS. The summed E-state index contributed by atoms with van der Waals surface area (Å²) in [6.07, 6.45) is 2.99. The zero-order valence-electron chi connectivity index (χ0n) is 12.0. The van der Waals surface area contributed by atoms with E-state index in [9.17, 15) is 4.79 Å². The van der Waals surface area contributed by atoms with Crippen molar-refractivity contribution in [2.75, 3.05) is 6.54 Å². The number of nitrogens with two attached hydrogens (primary N) is 1. The monoisotopic (exact) mass is 300 g/mol. The van der Waals surface area contributed by atoms with Crippen molar-refractivity contribution in [2.24, 2.45) is 5.73 Å². The Kier molecular flexibility index (Phi) is 5.69. The summed E-state index contributed by atoms with van der Waals surface area (Å²) in [4.78, 5) is 12.4. The highest BCUT2D eigenvalue weighted by Gasteiger charge is 2.03. The minimum atomic E-state index is 0.0561. The highest BCUT2D eigenvalue weighted by atomic mass is 32.1. The summed E-state index contributed by atoms with van der Waals surface area (Å²) >= 11 is 4.81. The zero-order valence-corrected chi connectivity index (χ0v) is 12.8. The maximum absolute atomic E-state index is 11.9. The van der Waals surface area contributed by atoms with Gasteiger partial charge in [-0.25, -0.2) is 0 Å². The van der Waals surface area contributed by atoms with Crippen molar-refractivity contribution >= 4 is 33.9 Å². The van der Waals surface area contributed by atoms with Crippen LogP contribution in [0.3, 0.4) is 0 Å². The molecule has 3 N–H and O–H groups in total. The SMILES string of the molecule is NC(=S)CCCCNC(=O)Cc1ccc2ccccc2c1. The van der Waals surface area contributed by atoms with E-state index in [1.165, 1.54) is 10.8 Å². The van der Waals surface area contributed by atoms with Crippen LogP contribution in [0.25, 0.3) is 10.8 Å². The van der Waals surface area contributed by atoms with E-state index in [1.807, 2.05) is 18.2 Å². The molecule has 0 fully saturated rings. The maximum atomic E-state index is 11.9. The predicted molar refractivity (Wildman–Crippen MR) is 91.3 cm³/mol. The first-order valence-electron chi connectivity index (χ1n) is 7.18. The standard InChI is InChI=1S/C17H20N2OS/c18-16(21)7-3-4-10-19-17(20)12-13-8-9-14-5-1-2-6-15(14)11-13/h1-2,5-6,8-9,11H,3-4,7,10,12H2,(H2,18,21)(H,19,20). The first kappa shape index (κ1) is 15.4. The molecular weight excluding hydrogens is 280 g/mol. The lowest BCUT2D eigenvalue weighted by molar-refractivity contribution is -0.120. The van der Waals surface area contributed by atoms with Crippen molar-refractivity contribution < 1.29 is 4.79 Å². The molecule has 0 spiro atoms. The van der Waals surface area contributed by atoms with Gasteiger partial charge in [0.05, 0.1) is 11.4 Å². The lowest BCUT2D eigenvalue weighted by Gasteiger charge is -2.06. The van der Waals surface area contributed by atoms with Crippen molar-refractivity contribution in [2.45, 2.75) is 25.7 Å². The number of carbonyl (C=O) groups is 1. The third-order valence-corrected chi connectivity index (χ3v) is 3.55. The molecule has 0 aromatic heterocycles. The maximum Gasteiger partial charge on any atom is 0.224 e. The molecule has 0 radical (unpaired) electrons. The highest BCUT2D eigenvalue weighted by molar-refractivity contribution is 7.80. The fraction of sp³-hybridized carbons (Fsp3) is 0.294. The van der Waals surface area contributed by atoms with Gasteiger partial charge >= 0.3 is 0 Å². The second-order valence-electron chi connectivity index (χ2n) is 5.13. The number of carbonyl (C=O) groups excluding carboxylic acids is 1. The molecule has 2 rings (SSSR count). The smallest absolute Gasteiger partial charge is 0.224 e. The first-order chi connectivity index (χ1) is 10.1. The minimum Gasteiger partial charge on any atom is -0.393 e. The third kappa shape index (κ3) is 5.16. The van der Waals surface area contributed by atoms with Gasteiger partial charge in [-0.15, -0.1) is 0 Å². The molecule has 2 aromatic rings. The van der Waals surface area contributed by atoms with Gasteiger partial charge in [0.2, 0.25) is 5.91 Å². The topological polar surface area (TPSA) is 55.1 Å². The Morgan fingerprint density at radius 2 is 1.86 bits per heavy atom. The van der Waals surface area contributed by atoms with Crippen molar-refractivity contribution in [1.29, 1.82) is 0 Å². The molecule has 0 aliphatic rings. The fourth-order valence-corrected chi connectivity index (χ4v) is 2.39. The minimum absolute atomic E-state index is 0.0561. The summed E-state index contributed by atoms with van der Waals surface area (Å²) < 4.78 is 0. The molecule has 0 saturated carbocycles. The number of benzene rings is 2. The van der Waals surface area contributed by atoms with Crippen LogP contribution in [0.4, 0.5) is 0 Å². The summed E-state index contributed by atoms with van der Waals surface area (Å²) in [7, 11) is 0. The van der Waals surface area contributed by atoms with Crippen LogP contribution in [0.1, 0.15) is 24.8 Å². The van der Waals surface area contributed by atoms with Crippen LogP contribution in [-0.4, -0.2) is 17.4 Å². The Morgan fingerprint density at radius 1 is 1.10 bits per heavy atom. The average Bonchev–Trinajstić information content (AvgIpc) is 2.46. The molecule has 0 bridgehead atoms. The molecule has 3 nitrogen and oxygen atoms in total. The van der Waals surface area contributed by atoms with E-state index in [2.05, 4.69) is 29.6 Å². The van der Waals surface area contributed by atoms with Crippen LogP contribution in [0, 0.1) is 0 Å². The van der Waals surface area contributed by atoms with Gasteiger partial charge < -0.3 is 11.1 Å². The quantitative estimate of drug-likeness (QED) is 0.610. The molecule has 0 atom stereocenters. The number of nitrogens with one attached hydrogen (secondary N) is 1. The number of fused-ring (bicyclic) bond motifs is 1. The fourth-order valence-electron chi connectivity index (χ4n) is 2.25. The van der Waals surface area contributed by atoms with E-state index < -0.39 is 0 Å². The summed E-state index contributed by atoms with van der Waals surface area (Å²) in [5.74, 6) is 0.0561. The Balaban J connectivity index is 1.80. The van der Waals surface area contributed by atoms with Crippen LogP contribution >= 0.6 is 12.2 Å². The van der Waals surface area contributed by atoms with Crippen molar-refractivity contribution in [3.63, 3.8) is 0 Å². The van der Waals surface area contributed by atoms with Crippen LogP contribution in [-0.2, 0) is 11.2 Å². The van der Waals surface area contributed by atoms with Crippen LogP contribution in [0.15, 0.2) is 42.5 Å². The molecule has 0 unspecified atom stereocenters. The van der Waals surface area contributed by atoms with Gasteiger partial charge in [0, 0.05) is 6.54 Å². The number of thiocarbonyl (C=S) groups is 1. The van der Waals surface area contributed by atoms with Gasteiger partial charge in [-0.2, -0.15) is 0 Å². The number of unbranched alkanes of at least 4 members (excludes halogenated alkanes) is 1. The summed E-state index contributed by atoms with van der Waals surface area (Å²) in [5, 5.41) is 5.29. The van der Waals surface area contributed by atoms with Crippen molar-refractivity contribution in [3.8, 4) is 0 Å². The highest BCUT2D eigenvalue weighted by Crippen LogP contribution is 2.15. The molecule has 0 aliphatic carbocycles. The van der Waals surface area contributed by atoms with E-state index in [0.717, 1.165) is 24.8 Å². The summed E-state index contributed by atoms with van der Waals surface area (Å²) in [6, 6.07) is 14.3. The number of rotatable bonds is 7. The van der Waals surface area contributed by atoms with Gasteiger partial charge in [-0.05, 0) is 35.6 Å². The molecule has 2 aromatic carbocycles. The van der Waals surface area contributed by atoms with E-state index in [-0.39, 0.29) is 5.91 Å². The lowest BCUT2D eigenvalue weighted by Crippen LogP contribution is -2.26. The molecule has 0 saturated heterocycles. The molecule has 110 valence electrons. The normalized spacial score (nSPS) is 10.5. The second-order valence-corrected chi connectivity index (χ2v) is 5.66. The Bertz CT molecular complexity index is 639. The first-order valence-corrected chi connectivity index (χ1v) is 7.58. The van der Waals surface area contributed by atoms with E-state index in [4.69, 9.17) is 18.0 Å². The van der Waals surface area contributed by atoms with Gasteiger partial charge in [0.1, 0.15) is 0 Å². The molecule has 4 heteroatoms. The predicted octanol–water partition coefficient (Wildman–Crippen LogP) is 2.95. The largest absolute Gasteiger partial charge is 0.393 e. The van der Waals surface area contributed by atoms with Gasteiger partial charge in [0.25, 0.3) is 0 Å². The van der Waals surface area contributed by atoms with Crippen molar-refractivity contribution in [1.82, 2.24) is 5.32 Å². The second kappa shape index (κ2) is 7.74. The van der Waals surface area contributed by atoms with Gasteiger partial charge in [-0.3, -0.25) is 4.79 Å². The molecule has 21 heavy (non-hydrogen) atoms. The molecule has 0 heterocycles. The van der Waals surface area contributed by atoms with E-state index >= 15 is 0 Å². The van der Waals surface area contributed by atoms with Gasteiger partial charge in [-0.1, -0.05) is 54.7 Å². The number of hydrogen-bond donors (Lipinski definition) is 2. The number of amides is 1.